The van der Waals surface area contributed by atoms with Crippen LogP contribution in [0.2, 0.25) is 0 Å². The van der Waals surface area contributed by atoms with Gasteiger partial charge in [0, 0.05) is 30.4 Å². The first-order valence-corrected chi connectivity index (χ1v) is 7.81. The summed E-state index contributed by atoms with van der Waals surface area (Å²) in [4.78, 5) is 8.82. The van der Waals surface area contributed by atoms with E-state index < -0.39 is 0 Å². The van der Waals surface area contributed by atoms with Gasteiger partial charge >= 0.3 is 0 Å². The molecule has 0 fully saturated rings. The van der Waals surface area contributed by atoms with Crippen molar-refractivity contribution in [2.24, 2.45) is 0 Å². The number of aromatic nitrogens is 2. The molecule has 3 rings (SSSR count). The number of nitrogens with zero attached hydrogens (tertiary/aromatic N) is 2. The van der Waals surface area contributed by atoms with Crippen LogP contribution in [0, 0.1) is 12.7 Å². The summed E-state index contributed by atoms with van der Waals surface area (Å²) in [6.07, 6.45) is 0. The molecule has 1 heterocycles. The lowest BCUT2D eigenvalue weighted by Crippen LogP contribution is -2.08. The zero-order valence-corrected chi connectivity index (χ0v) is 13.5. The molecule has 0 amide bonds. The summed E-state index contributed by atoms with van der Waals surface area (Å²) in [6.45, 7) is 2.93. The molecule has 0 aliphatic rings. The van der Waals surface area contributed by atoms with Crippen molar-refractivity contribution in [2.75, 3.05) is 10.6 Å². The van der Waals surface area contributed by atoms with Crippen LogP contribution in [0.1, 0.15) is 16.8 Å². The first kappa shape index (κ1) is 15.9. The minimum atomic E-state index is -0.224. The Labute approximate surface area is 140 Å². The molecule has 1 aromatic heterocycles. The highest BCUT2D eigenvalue weighted by Crippen LogP contribution is 2.13. The fourth-order valence-corrected chi connectivity index (χ4v) is 2.34. The van der Waals surface area contributed by atoms with Crippen molar-refractivity contribution in [3.8, 4) is 0 Å². The molecule has 2 N–H and O–H groups in total. The first-order chi connectivity index (χ1) is 11.7. The normalized spacial score (nSPS) is 10.4. The Morgan fingerprint density at radius 2 is 1.62 bits per heavy atom. The Balaban J connectivity index is 1.66. The van der Waals surface area contributed by atoms with E-state index in [9.17, 15) is 4.39 Å². The van der Waals surface area contributed by atoms with Gasteiger partial charge in [0.05, 0.1) is 0 Å². The van der Waals surface area contributed by atoms with Crippen molar-refractivity contribution in [2.45, 2.75) is 20.0 Å². The van der Waals surface area contributed by atoms with Crippen molar-refractivity contribution in [1.29, 1.82) is 0 Å². The monoisotopic (exact) mass is 322 g/mol. The van der Waals surface area contributed by atoms with Gasteiger partial charge in [0.2, 0.25) is 5.95 Å². The Morgan fingerprint density at radius 3 is 2.42 bits per heavy atom. The molecule has 0 saturated carbocycles. The van der Waals surface area contributed by atoms with Crippen LogP contribution in [-0.2, 0) is 13.1 Å². The molecule has 2 aromatic carbocycles. The van der Waals surface area contributed by atoms with Gasteiger partial charge in [-0.25, -0.2) is 9.37 Å². The van der Waals surface area contributed by atoms with E-state index >= 15 is 0 Å². The molecule has 0 unspecified atom stereocenters. The maximum absolute atomic E-state index is 13.7. The molecule has 0 spiro atoms. The Kier molecular flexibility index (Phi) is 5.01. The third-order valence-corrected chi connectivity index (χ3v) is 3.57. The predicted octanol–water partition coefficient (Wildman–Crippen LogP) is 4.15. The summed E-state index contributed by atoms with van der Waals surface area (Å²) in [7, 11) is 0. The third kappa shape index (κ3) is 4.29. The standard InChI is InChI=1S/C19H19FN4/c1-14-11-18(21-13-16-9-5-6-10-17(16)20)24-19(23-14)22-12-15-7-3-2-4-8-15/h2-11H,12-13H2,1H3,(H2,21,22,23,24). The van der Waals surface area contributed by atoms with E-state index in [2.05, 4.69) is 20.6 Å². The second kappa shape index (κ2) is 7.55. The fourth-order valence-electron chi connectivity index (χ4n) is 2.34. The van der Waals surface area contributed by atoms with Gasteiger partial charge in [-0.3, -0.25) is 0 Å². The highest BCUT2D eigenvalue weighted by molar-refractivity contribution is 5.43. The summed E-state index contributed by atoms with van der Waals surface area (Å²) in [5.41, 5.74) is 2.60. The van der Waals surface area contributed by atoms with Crippen molar-refractivity contribution in [1.82, 2.24) is 9.97 Å². The minimum Gasteiger partial charge on any atom is -0.366 e. The van der Waals surface area contributed by atoms with Crippen molar-refractivity contribution >= 4 is 11.8 Å². The molecule has 122 valence electrons. The molecule has 0 saturated heterocycles. The highest BCUT2D eigenvalue weighted by Gasteiger charge is 2.04. The largest absolute Gasteiger partial charge is 0.366 e. The lowest BCUT2D eigenvalue weighted by molar-refractivity contribution is 0.613. The number of hydrogen-bond acceptors (Lipinski definition) is 4. The van der Waals surface area contributed by atoms with Gasteiger partial charge in [-0.2, -0.15) is 4.98 Å². The zero-order valence-electron chi connectivity index (χ0n) is 13.5. The highest BCUT2D eigenvalue weighted by atomic mass is 19.1. The molecule has 0 aliphatic carbocycles. The first-order valence-electron chi connectivity index (χ1n) is 7.81. The van der Waals surface area contributed by atoms with Gasteiger partial charge in [-0.1, -0.05) is 48.5 Å². The van der Waals surface area contributed by atoms with E-state index in [0.717, 1.165) is 11.3 Å². The topological polar surface area (TPSA) is 49.8 Å². The number of nitrogens with one attached hydrogen (secondary N) is 2. The number of anilines is 2. The number of rotatable bonds is 6. The lowest BCUT2D eigenvalue weighted by atomic mass is 10.2. The minimum absolute atomic E-state index is 0.224. The van der Waals surface area contributed by atoms with Crippen LogP contribution in [0.4, 0.5) is 16.2 Å². The van der Waals surface area contributed by atoms with Gasteiger partial charge in [0.25, 0.3) is 0 Å². The van der Waals surface area contributed by atoms with Gasteiger partial charge in [-0.15, -0.1) is 0 Å². The van der Waals surface area contributed by atoms with Crippen LogP contribution >= 0.6 is 0 Å². The van der Waals surface area contributed by atoms with E-state index in [0.29, 0.717) is 30.4 Å². The second-order valence-corrected chi connectivity index (χ2v) is 5.50. The third-order valence-electron chi connectivity index (χ3n) is 3.57. The summed E-state index contributed by atoms with van der Waals surface area (Å²) < 4.78 is 13.7. The Morgan fingerprint density at radius 1 is 0.875 bits per heavy atom. The molecule has 24 heavy (non-hydrogen) atoms. The molecule has 4 nitrogen and oxygen atoms in total. The van der Waals surface area contributed by atoms with Crippen LogP contribution in [0.5, 0.6) is 0 Å². The van der Waals surface area contributed by atoms with Crippen LogP contribution in [0.25, 0.3) is 0 Å². The maximum atomic E-state index is 13.7. The second-order valence-electron chi connectivity index (χ2n) is 5.50. The maximum Gasteiger partial charge on any atom is 0.225 e. The number of aryl methyl sites for hydroxylation is 1. The average molecular weight is 322 g/mol. The molecular formula is C19H19FN4. The molecule has 0 atom stereocenters. The Hall–Kier alpha value is -2.95. The van der Waals surface area contributed by atoms with E-state index in [1.165, 1.54) is 6.07 Å². The van der Waals surface area contributed by atoms with E-state index in [-0.39, 0.29) is 5.82 Å². The van der Waals surface area contributed by atoms with E-state index in [4.69, 9.17) is 0 Å². The zero-order chi connectivity index (χ0) is 16.8. The van der Waals surface area contributed by atoms with Gasteiger partial charge in [-0.05, 0) is 18.6 Å². The molecule has 0 radical (unpaired) electrons. The number of hydrogen-bond donors (Lipinski definition) is 2. The van der Waals surface area contributed by atoms with Gasteiger partial charge in [0.1, 0.15) is 11.6 Å². The molecular weight excluding hydrogens is 303 g/mol. The summed E-state index contributed by atoms with van der Waals surface area (Å²) in [5, 5.41) is 6.37. The van der Waals surface area contributed by atoms with Crippen LogP contribution < -0.4 is 10.6 Å². The summed E-state index contributed by atoms with van der Waals surface area (Å²) in [5.74, 6) is 0.995. The average Bonchev–Trinajstić information content (AvgIpc) is 2.60. The van der Waals surface area contributed by atoms with Crippen LogP contribution in [0.3, 0.4) is 0 Å². The Bertz CT molecular complexity index is 805. The smallest absolute Gasteiger partial charge is 0.225 e. The summed E-state index contributed by atoms with van der Waals surface area (Å²) >= 11 is 0. The van der Waals surface area contributed by atoms with Gasteiger partial charge < -0.3 is 10.6 Å². The van der Waals surface area contributed by atoms with E-state index in [1.54, 1.807) is 12.1 Å². The van der Waals surface area contributed by atoms with Gasteiger partial charge in [0.15, 0.2) is 0 Å². The fraction of sp³-hybridized carbons (Fsp3) is 0.158. The predicted molar refractivity (Wildman–Crippen MR) is 94.3 cm³/mol. The van der Waals surface area contributed by atoms with Crippen molar-refractivity contribution in [3.05, 3.63) is 83.3 Å². The number of benzene rings is 2. The molecule has 0 aliphatic heterocycles. The molecule has 5 heteroatoms. The molecule has 3 aromatic rings. The number of halogens is 1. The summed E-state index contributed by atoms with van der Waals surface area (Å²) in [6, 6.07) is 18.6. The molecule has 0 bridgehead atoms. The lowest BCUT2D eigenvalue weighted by Gasteiger charge is -2.10. The van der Waals surface area contributed by atoms with Crippen molar-refractivity contribution < 1.29 is 4.39 Å². The van der Waals surface area contributed by atoms with E-state index in [1.807, 2.05) is 49.4 Å². The van der Waals surface area contributed by atoms with Crippen LogP contribution in [0.15, 0.2) is 60.7 Å². The van der Waals surface area contributed by atoms with Crippen molar-refractivity contribution in [3.63, 3.8) is 0 Å². The SMILES string of the molecule is Cc1cc(NCc2ccccc2F)nc(NCc2ccccc2)n1. The van der Waals surface area contributed by atoms with Crippen LogP contribution in [-0.4, -0.2) is 9.97 Å². The quantitative estimate of drug-likeness (QED) is 0.716.